The molecular weight excluding hydrogens is 394 g/mol. The van der Waals surface area contributed by atoms with E-state index in [1.165, 1.54) is 14.2 Å². The Morgan fingerprint density at radius 2 is 1.62 bits per heavy atom. The summed E-state index contributed by atoms with van der Waals surface area (Å²) in [6.45, 7) is 6.44. The Morgan fingerprint density at radius 3 is 2.07 bits per heavy atom. The molecule has 1 aromatic heterocycles. The molecule has 3 N–H and O–H groups in total. The van der Waals surface area contributed by atoms with Gasteiger partial charge in [0.2, 0.25) is 0 Å². The number of anilines is 1. The summed E-state index contributed by atoms with van der Waals surface area (Å²) in [4.78, 5) is 39.8. The molecular formula is C20H25N3O5S. The lowest BCUT2D eigenvalue weighted by Gasteiger charge is -2.17. The normalized spacial score (nSPS) is 10.4. The number of carbonyl (C=O) groups excluding carboxylic acids is 3. The minimum atomic E-state index is -0.723. The van der Waals surface area contributed by atoms with Crippen molar-refractivity contribution < 1.29 is 23.9 Å². The summed E-state index contributed by atoms with van der Waals surface area (Å²) >= 11 is 1.03. The van der Waals surface area contributed by atoms with Crippen molar-refractivity contribution in [2.45, 2.75) is 20.8 Å². The second kappa shape index (κ2) is 9.42. The fraction of sp³-hybridized carbons (Fsp3) is 0.350. The van der Waals surface area contributed by atoms with Crippen molar-refractivity contribution in [1.82, 2.24) is 4.90 Å². The molecule has 2 rings (SSSR count). The third kappa shape index (κ3) is 4.34. The highest BCUT2D eigenvalue weighted by Crippen LogP contribution is 2.36. The van der Waals surface area contributed by atoms with Crippen LogP contribution in [0.4, 0.5) is 5.00 Å². The van der Waals surface area contributed by atoms with Crippen LogP contribution in [0.3, 0.4) is 0 Å². The number of primary amides is 1. The molecule has 0 atom stereocenters. The number of ether oxygens (including phenoxy) is 2. The number of nitrogens with one attached hydrogen (secondary N) is 1. The molecule has 0 radical (unpaired) electrons. The lowest BCUT2D eigenvalue weighted by Crippen LogP contribution is -2.30. The first-order chi connectivity index (χ1) is 13.8. The molecule has 0 aliphatic carbocycles. The Kier molecular flexibility index (Phi) is 7.22. The lowest BCUT2D eigenvalue weighted by molar-refractivity contribution is 0.0777. The summed E-state index contributed by atoms with van der Waals surface area (Å²) in [7, 11) is 2.88. The van der Waals surface area contributed by atoms with Gasteiger partial charge in [0.05, 0.1) is 24.7 Å². The Balaban J connectivity index is 2.51. The van der Waals surface area contributed by atoms with E-state index in [0.717, 1.165) is 11.3 Å². The van der Waals surface area contributed by atoms with Gasteiger partial charge in [0.15, 0.2) is 0 Å². The molecule has 1 aromatic carbocycles. The highest BCUT2D eigenvalue weighted by atomic mass is 32.1. The van der Waals surface area contributed by atoms with Crippen LogP contribution < -0.4 is 20.5 Å². The second-order valence-electron chi connectivity index (χ2n) is 6.09. The first kappa shape index (κ1) is 22.2. The number of nitrogens with zero attached hydrogens (tertiary/aromatic N) is 1. The van der Waals surface area contributed by atoms with Gasteiger partial charge in [-0.3, -0.25) is 14.4 Å². The molecule has 9 heteroatoms. The fourth-order valence-corrected chi connectivity index (χ4v) is 4.17. The van der Waals surface area contributed by atoms with Crippen LogP contribution in [0.2, 0.25) is 0 Å². The highest BCUT2D eigenvalue weighted by Gasteiger charge is 2.28. The molecule has 0 saturated carbocycles. The number of benzene rings is 1. The van der Waals surface area contributed by atoms with Crippen LogP contribution in [0.5, 0.6) is 11.5 Å². The van der Waals surface area contributed by atoms with Crippen molar-refractivity contribution in [3.63, 3.8) is 0 Å². The molecule has 0 aliphatic rings. The van der Waals surface area contributed by atoms with E-state index >= 15 is 0 Å². The SMILES string of the molecule is CCN(CC)C(=O)c1sc(NC(=O)c2c(OC)cccc2OC)c(C(N)=O)c1C. The summed E-state index contributed by atoms with van der Waals surface area (Å²) in [6.07, 6.45) is 0. The van der Waals surface area contributed by atoms with Gasteiger partial charge in [-0.2, -0.15) is 0 Å². The van der Waals surface area contributed by atoms with E-state index < -0.39 is 11.8 Å². The fourth-order valence-electron chi connectivity index (χ4n) is 3.00. The van der Waals surface area contributed by atoms with Crippen LogP contribution in [0, 0.1) is 6.92 Å². The Labute approximate surface area is 173 Å². The van der Waals surface area contributed by atoms with Crippen molar-refractivity contribution in [2.75, 3.05) is 32.6 Å². The van der Waals surface area contributed by atoms with E-state index in [0.29, 0.717) is 35.0 Å². The quantitative estimate of drug-likeness (QED) is 0.683. The Morgan fingerprint density at radius 1 is 1.07 bits per heavy atom. The molecule has 1 heterocycles. The van der Waals surface area contributed by atoms with E-state index in [1.54, 1.807) is 30.0 Å². The van der Waals surface area contributed by atoms with Gasteiger partial charge >= 0.3 is 0 Å². The van der Waals surface area contributed by atoms with Gasteiger partial charge in [0.25, 0.3) is 17.7 Å². The van der Waals surface area contributed by atoms with Gasteiger partial charge in [0, 0.05) is 13.1 Å². The minimum Gasteiger partial charge on any atom is -0.496 e. The largest absolute Gasteiger partial charge is 0.496 e. The molecule has 0 fully saturated rings. The van der Waals surface area contributed by atoms with E-state index in [1.807, 2.05) is 13.8 Å². The van der Waals surface area contributed by atoms with Crippen LogP contribution in [-0.2, 0) is 0 Å². The van der Waals surface area contributed by atoms with Crippen LogP contribution >= 0.6 is 11.3 Å². The van der Waals surface area contributed by atoms with E-state index in [9.17, 15) is 14.4 Å². The van der Waals surface area contributed by atoms with Crippen molar-refractivity contribution in [1.29, 1.82) is 0 Å². The predicted octanol–water partition coefficient (Wildman–Crippen LogP) is 2.91. The third-order valence-electron chi connectivity index (χ3n) is 4.52. The number of methoxy groups -OCH3 is 2. The monoisotopic (exact) mass is 419 g/mol. The van der Waals surface area contributed by atoms with Gasteiger partial charge < -0.3 is 25.4 Å². The summed E-state index contributed by atoms with van der Waals surface area (Å²) in [6, 6.07) is 4.95. The summed E-state index contributed by atoms with van der Waals surface area (Å²) in [5.74, 6) is -0.842. The zero-order valence-corrected chi connectivity index (χ0v) is 17.9. The molecule has 8 nitrogen and oxygen atoms in total. The molecule has 29 heavy (non-hydrogen) atoms. The van der Waals surface area contributed by atoms with Crippen LogP contribution in [0.25, 0.3) is 0 Å². The van der Waals surface area contributed by atoms with Crippen molar-refractivity contribution in [2.24, 2.45) is 5.73 Å². The van der Waals surface area contributed by atoms with Crippen LogP contribution in [0.15, 0.2) is 18.2 Å². The van der Waals surface area contributed by atoms with Gasteiger partial charge in [-0.25, -0.2) is 0 Å². The van der Waals surface area contributed by atoms with Crippen molar-refractivity contribution in [3.8, 4) is 11.5 Å². The molecule has 156 valence electrons. The van der Waals surface area contributed by atoms with Gasteiger partial charge in [-0.15, -0.1) is 11.3 Å². The molecule has 0 bridgehead atoms. The molecule has 2 aromatic rings. The number of nitrogens with two attached hydrogens (primary N) is 1. The minimum absolute atomic E-state index is 0.118. The molecule has 3 amide bonds. The maximum Gasteiger partial charge on any atom is 0.264 e. The van der Waals surface area contributed by atoms with Gasteiger partial charge in [0.1, 0.15) is 22.1 Å². The second-order valence-corrected chi connectivity index (χ2v) is 7.11. The first-order valence-electron chi connectivity index (χ1n) is 9.05. The summed E-state index contributed by atoms with van der Waals surface area (Å²) in [5, 5.41) is 2.91. The number of thiophene rings is 1. The maximum atomic E-state index is 13.0. The molecule has 0 unspecified atom stereocenters. The first-order valence-corrected chi connectivity index (χ1v) is 9.86. The number of carbonyl (C=O) groups is 3. The zero-order chi connectivity index (χ0) is 21.7. The Hall–Kier alpha value is -3.07. The summed E-state index contributed by atoms with van der Waals surface area (Å²) in [5.41, 5.74) is 6.28. The average Bonchev–Trinajstić information content (AvgIpc) is 3.03. The molecule has 0 spiro atoms. The number of rotatable bonds is 8. The predicted molar refractivity (Wildman–Crippen MR) is 112 cm³/mol. The topological polar surface area (TPSA) is 111 Å². The Bertz CT molecular complexity index is 912. The third-order valence-corrected chi connectivity index (χ3v) is 5.72. The van der Waals surface area contributed by atoms with Gasteiger partial charge in [-0.05, 0) is 38.5 Å². The van der Waals surface area contributed by atoms with E-state index in [-0.39, 0.29) is 22.0 Å². The number of amides is 3. The summed E-state index contributed by atoms with van der Waals surface area (Å²) < 4.78 is 10.5. The standard InChI is InChI=1S/C20H25N3O5S/c1-6-23(7-2)20(26)16-11(3)14(17(21)24)19(29-16)22-18(25)15-12(27-4)9-8-10-13(15)28-5/h8-10H,6-7H2,1-5H3,(H2,21,24)(H,22,25). The van der Waals surface area contributed by atoms with Crippen molar-refractivity contribution >= 4 is 34.1 Å². The van der Waals surface area contributed by atoms with Crippen LogP contribution in [-0.4, -0.2) is 49.9 Å². The van der Waals surface area contributed by atoms with E-state index in [2.05, 4.69) is 5.32 Å². The number of hydrogen-bond acceptors (Lipinski definition) is 6. The van der Waals surface area contributed by atoms with Crippen molar-refractivity contribution in [3.05, 3.63) is 39.8 Å². The van der Waals surface area contributed by atoms with Crippen LogP contribution in [0.1, 0.15) is 49.8 Å². The molecule has 0 saturated heterocycles. The number of hydrogen-bond donors (Lipinski definition) is 2. The smallest absolute Gasteiger partial charge is 0.264 e. The average molecular weight is 420 g/mol. The lowest BCUT2D eigenvalue weighted by atomic mass is 10.1. The van der Waals surface area contributed by atoms with Gasteiger partial charge in [-0.1, -0.05) is 6.07 Å². The van der Waals surface area contributed by atoms with E-state index in [4.69, 9.17) is 15.2 Å². The molecule has 0 aliphatic heterocycles. The maximum absolute atomic E-state index is 13.0. The zero-order valence-electron chi connectivity index (χ0n) is 17.1. The highest BCUT2D eigenvalue weighted by molar-refractivity contribution is 7.18.